The van der Waals surface area contributed by atoms with Gasteiger partial charge in [0.15, 0.2) is 0 Å². The Balaban J connectivity index is 1.98. The van der Waals surface area contributed by atoms with Crippen LogP contribution in [0.2, 0.25) is 0 Å². The van der Waals surface area contributed by atoms with Crippen molar-refractivity contribution in [1.29, 1.82) is 0 Å². The molecule has 0 bridgehead atoms. The summed E-state index contributed by atoms with van der Waals surface area (Å²) < 4.78 is 0. The highest BCUT2D eigenvalue weighted by Gasteiger charge is 2.14. The molecular weight excluding hydrogens is 214 g/mol. The van der Waals surface area contributed by atoms with Crippen LogP contribution in [-0.4, -0.2) is 48.2 Å². The summed E-state index contributed by atoms with van der Waals surface area (Å²) in [5, 5.41) is 8.81. The van der Waals surface area contributed by atoms with Gasteiger partial charge in [0.05, 0.1) is 0 Å². The fourth-order valence-corrected chi connectivity index (χ4v) is 2.22. The number of piperazine rings is 1. The van der Waals surface area contributed by atoms with Gasteiger partial charge < -0.3 is 10.1 Å². The van der Waals surface area contributed by atoms with Crippen molar-refractivity contribution >= 4 is 0 Å². The van der Waals surface area contributed by atoms with Crippen LogP contribution >= 0.6 is 0 Å². The Morgan fingerprint density at radius 1 is 1.12 bits per heavy atom. The molecule has 2 N–H and O–H groups in total. The second-order valence-corrected chi connectivity index (χ2v) is 4.68. The molecule has 0 spiro atoms. The van der Waals surface area contributed by atoms with E-state index in [0.717, 1.165) is 32.7 Å². The van der Waals surface area contributed by atoms with Crippen LogP contribution in [0.3, 0.4) is 0 Å². The summed E-state index contributed by atoms with van der Waals surface area (Å²) in [6.07, 6.45) is 0. The van der Waals surface area contributed by atoms with E-state index in [1.807, 2.05) is 6.07 Å². The van der Waals surface area contributed by atoms with Crippen molar-refractivity contribution in [3.8, 4) is 0 Å². The van der Waals surface area contributed by atoms with Gasteiger partial charge in [-0.3, -0.25) is 4.90 Å². The van der Waals surface area contributed by atoms with E-state index in [4.69, 9.17) is 5.21 Å². The van der Waals surface area contributed by atoms with Crippen LogP contribution in [0.1, 0.15) is 11.1 Å². The van der Waals surface area contributed by atoms with Crippen molar-refractivity contribution in [3.63, 3.8) is 0 Å². The maximum absolute atomic E-state index is 8.81. The summed E-state index contributed by atoms with van der Waals surface area (Å²) >= 11 is 0. The van der Waals surface area contributed by atoms with Gasteiger partial charge in [0.25, 0.3) is 0 Å². The summed E-state index contributed by atoms with van der Waals surface area (Å²) in [5.41, 5.74) is 4.72. The lowest BCUT2D eigenvalue weighted by molar-refractivity contribution is 0.145. The van der Waals surface area contributed by atoms with Crippen LogP contribution < -0.4 is 5.48 Å². The van der Waals surface area contributed by atoms with Gasteiger partial charge in [-0.05, 0) is 18.2 Å². The van der Waals surface area contributed by atoms with Crippen LogP contribution in [-0.2, 0) is 13.1 Å². The highest BCUT2D eigenvalue weighted by molar-refractivity contribution is 5.26. The van der Waals surface area contributed by atoms with Crippen molar-refractivity contribution in [2.24, 2.45) is 0 Å². The van der Waals surface area contributed by atoms with Crippen molar-refractivity contribution < 1.29 is 5.21 Å². The van der Waals surface area contributed by atoms with E-state index < -0.39 is 0 Å². The predicted octanol–water partition coefficient (Wildman–Crippen LogP) is 0.913. The maximum Gasteiger partial charge on any atom is 0.0461 e. The predicted molar refractivity (Wildman–Crippen MR) is 67.8 cm³/mol. The topological polar surface area (TPSA) is 38.7 Å². The Hall–Kier alpha value is -0.940. The SMILES string of the molecule is CN1CCN(Cc2ccccc2CNO)CC1. The minimum Gasteiger partial charge on any atom is -0.316 e. The first-order valence-corrected chi connectivity index (χ1v) is 6.14. The van der Waals surface area contributed by atoms with Gasteiger partial charge in [-0.1, -0.05) is 24.3 Å². The number of likely N-dealkylation sites (N-methyl/N-ethyl adjacent to an activating group) is 1. The average Bonchev–Trinajstić information content (AvgIpc) is 2.35. The first kappa shape index (κ1) is 12.5. The van der Waals surface area contributed by atoms with Crippen molar-refractivity contribution in [2.75, 3.05) is 33.2 Å². The van der Waals surface area contributed by atoms with Gasteiger partial charge in [0.2, 0.25) is 0 Å². The monoisotopic (exact) mass is 235 g/mol. The lowest BCUT2D eigenvalue weighted by atomic mass is 10.1. The molecule has 1 aromatic carbocycles. The highest BCUT2D eigenvalue weighted by Crippen LogP contribution is 2.13. The molecule has 94 valence electrons. The van der Waals surface area contributed by atoms with Crippen molar-refractivity contribution in [3.05, 3.63) is 35.4 Å². The molecule has 0 amide bonds. The van der Waals surface area contributed by atoms with Crippen LogP contribution in [0.4, 0.5) is 0 Å². The van der Waals surface area contributed by atoms with Crippen LogP contribution in [0.15, 0.2) is 24.3 Å². The van der Waals surface area contributed by atoms with Crippen LogP contribution in [0, 0.1) is 0 Å². The minimum absolute atomic E-state index is 0.518. The fraction of sp³-hybridized carbons (Fsp3) is 0.538. The molecule has 4 heteroatoms. The van der Waals surface area contributed by atoms with Crippen molar-refractivity contribution in [1.82, 2.24) is 15.3 Å². The third kappa shape index (κ3) is 3.51. The number of hydrogen-bond donors (Lipinski definition) is 2. The molecule has 0 atom stereocenters. The normalized spacial score (nSPS) is 18.5. The van der Waals surface area contributed by atoms with Gasteiger partial charge in [-0.15, -0.1) is 0 Å². The third-order valence-corrected chi connectivity index (χ3v) is 3.38. The molecule has 1 heterocycles. The molecule has 0 saturated carbocycles. The van der Waals surface area contributed by atoms with Gasteiger partial charge >= 0.3 is 0 Å². The Labute approximate surface area is 103 Å². The average molecular weight is 235 g/mol. The Kier molecular flexibility index (Phi) is 4.50. The zero-order chi connectivity index (χ0) is 12.1. The summed E-state index contributed by atoms with van der Waals surface area (Å²) in [6.45, 7) is 6.02. The molecule has 0 aromatic heterocycles. The number of hydrogen-bond acceptors (Lipinski definition) is 4. The number of hydroxylamine groups is 1. The fourth-order valence-electron chi connectivity index (χ4n) is 2.22. The molecule has 0 unspecified atom stereocenters. The first-order valence-electron chi connectivity index (χ1n) is 6.14. The Bertz CT molecular complexity index is 348. The highest BCUT2D eigenvalue weighted by atomic mass is 16.5. The van der Waals surface area contributed by atoms with E-state index in [2.05, 4.69) is 40.5 Å². The molecule has 2 rings (SSSR count). The van der Waals surface area contributed by atoms with Gasteiger partial charge in [0.1, 0.15) is 0 Å². The summed E-state index contributed by atoms with van der Waals surface area (Å²) in [6, 6.07) is 8.28. The molecule has 4 nitrogen and oxygen atoms in total. The van der Waals surface area contributed by atoms with E-state index in [9.17, 15) is 0 Å². The molecule has 0 radical (unpaired) electrons. The molecule has 1 aromatic rings. The zero-order valence-electron chi connectivity index (χ0n) is 10.4. The van der Waals surface area contributed by atoms with Gasteiger partial charge in [-0.2, -0.15) is 0 Å². The second-order valence-electron chi connectivity index (χ2n) is 4.68. The zero-order valence-corrected chi connectivity index (χ0v) is 10.4. The summed E-state index contributed by atoms with van der Waals surface area (Å²) in [4.78, 5) is 4.83. The Morgan fingerprint density at radius 2 is 1.76 bits per heavy atom. The van der Waals surface area contributed by atoms with Crippen molar-refractivity contribution in [2.45, 2.75) is 13.1 Å². The molecule has 1 aliphatic rings. The van der Waals surface area contributed by atoms with Gasteiger partial charge in [0, 0.05) is 39.3 Å². The van der Waals surface area contributed by atoms with Gasteiger partial charge in [-0.25, -0.2) is 5.48 Å². The number of nitrogens with zero attached hydrogens (tertiary/aromatic N) is 2. The second kappa shape index (κ2) is 6.12. The van der Waals surface area contributed by atoms with E-state index in [0.29, 0.717) is 6.54 Å². The van der Waals surface area contributed by atoms with E-state index in [-0.39, 0.29) is 0 Å². The number of benzene rings is 1. The third-order valence-electron chi connectivity index (χ3n) is 3.38. The number of rotatable bonds is 4. The standard InChI is InChI=1S/C13H21N3O/c1-15-6-8-16(9-7-15)11-13-5-3-2-4-12(13)10-14-17/h2-5,14,17H,6-11H2,1H3. The van der Waals surface area contributed by atoms with Crippen LogP contribution in [0.25, 0.3) is 0 Å². The van der Waals surface area contributed by atoms with E-state index in [1.54, 1.807) is 0 Å². The first-order chi connectivity index (χ1) is 8.29. The smallest absolute Gasteiger partial charge is 0.0461 e. The minimum atomic E-state index is 0.518. The molecule has 1 aliphatic heterocycles. The van der Waals surface area contributed by atoms with E-state index >= 15 is 0 Å². The summed E-state index contributed by atoms with van der Waals surface area (Å²) in [7, 11) is 2.17. The maximum atomic E-state index is 8.81. The molecular formula is C13H21N3O. The number of nitrogens with one attached hydrogen (secondary N) is 1. The lowest BCUT2D eigenvalue weighted by Gasteiger charge is -2.32. The summed E-state index contributed by atoms with van der Waals surface area (Å²) in [5.74, 6) is 0. The molecule has 1 saturated heterocycles. The molecule has 1 fully saturated rings. The Morgan fingerprint density at radius 3 is 2.41 bits per heavy atom. The largest absolute Gasteiger partial charge is 0.316 e. The molecule has 17 heavy (non-hydrogen) atoms. The lowest BCUT2D eigenvalue weighted by Crippen LogP contribution is -2.44. The van der Waals surface area contributed by atoms with Crippen LogP contribution in [0.5, 0.6) is 0 Å². The quantitative estimate of drug-likeness (QED) is 0.761. The molecule has 0 aliphatic carbocycles. The van der Waals surface area contributed by atoms with E-state index in [1.165, 1.54) is 11.1 Å².